The van der Waals surface area contributed by atoms with Crippen molar-refractivity contribution in [1.29, 1.82) is 0 Å². The molecule has 3 atom stereocenters. The van der Waals surface area contributed by atoms with E-state index in [1.807, 2.05) is 0 Å². The smallest absolute Gasteiger partial charge is 0.480 e. The monoisotopic (exact) mass is 537 g/mol. The van der Waals surface area contributed by atoms with Crippen LogP contribution in [0.1, 0.15) is 12.0 Å². The number of primary amides is 1. The van der Waals surface area contributed by atoms with Crippen LogP contribution in [0.25, 0.3) is 0 Å². The van der Waals surface area contributed by atoms with E-state index in [-0.39, 0.29) is 30.2 Å². The van der Waals surface area contributed by atoms with Crippen molar-refractivity contribution in [2.45, 2.75) is 30.3 Å². The summed E-state index contributed by atoms with van der Waals surface area (Å²) >= 11 is 1.22. The van der Waals surface area contributed by atoms with E-state index in [0.29, 0.717) is 11.3 Å². The second kappa shape index (κ2) is 11.6. The molecule has 2 heterocycles. The molecule has 0 unspecified atom stereocenters. The van der Waals surface area contributed by atoms with E-state index in [0.717, 1.165) is 4.90 Å². The van der Waals surface area contributed by atoms with Crippen molar-refractivity contribution < 1.29 is 48.5 Å². The fourth-order valence-corrected chi connectivity index (χ4v) is 4.79. The van der Waals surface area contributed by atoms with Crippen molar-refractivity contribution in [2.75, 3.05) is 17.7 Å². The number of carbonyl (C=O) groups is 6. The number of carboxylic acids is 1. The van der Waals surface area contributed by atoms with Crippen LogP contribution in [-0.2, 0) is 35.1 Å². The van der Waals surface area contributed by atoms with Gasteiger partial charge in [0.25, 0.3) is 5.91 Å². The predicted molar refractivity (Wildman–Crippen MR) is 126 cm³/mol. The van der Waals surface area contributed by atoms with Crippen molar-refractivity contribution in [3.05, 3.63) is 41.3 Å². The van der Waals surface area contributed by atoms with Crippen LogP contribution in [0.2, 0.25) is 0 Å². The first-order valence-electron chi connectivity index (χ1n) is 10.6. The van der Waals surface area contributed by atoms with Crippen molar-refractivity contribution in [3.63, 3.8) is 0 Å². The minimum Gasteiger partial charge on any atom is -0.480 e. The Morgan fingerprint density at radius 1 is 1.14 bits per heavy atom. The Kier molecular flexibility index (Phi) is 8.56. The van der Waals surface area contributed by atoms with E-state index in [9.17, 15) is 28.8 Å². The summed E-state index contributed by atoms with van der Waals surface area (Å²) in [6.45, 7) is -0.360. The Balaban J connectivity index is 1.56. The number of β-lactam (4-membered cyclic amide) rings is 1. The average Bonchev–Trinajstić information content (AvgIpc) is 2.82. The Bertz CT molecular complexity index is 1150. The molecule has 0 saturated carbocycles. The second-order valence-electron chi connectivity index (χ2n) is 7.91. The molecular weight excluding hydrogens is 514 g/mol. The molecule has 0 spiro atoms. The maximum atomic E-state index is 12.7. The molecule has 1 aromatic carbocycles. The molecule has 1 fully saturated rings. The molecule has 0 aliphatic carbocycles. The number of amides is 4. The summed E-state index contributed by atoms with van der Waals surface area (Å²) in [7, 11) is 0. The molecule has 4 amide bonds. The zero-order valence-corrected chi connectivity index (χ0v) is 19.9. The molecule has 0 bridgehead atoms. The molecule has 0 aromatic heterocycles. The Morgan fingerprint density at radius 3 is 2.41 bits per heavy atom. The summed E-state index contributed by atoms with van der Waals surface area (Å²) < 4.78 is 9.42. The molecule has 0 radical (unpaired) electrons. The number of hydrogen-bond donors (Lipinski definition) is 6. The van der Waals surface area contributed by atoms with Crippen LogP contribution < -0.4 is 22.1 Å². The van der Waals surface area contributed by atoms with Crippen molar-refractivity contribution >= 4 is 53.4 Å². The number of nitrogens with one attached hydrogen (secondary N) is 2. The first-order valence-corrected chi connectivity index (χ1v) is 11.7. The van der Waals surface area contributed by atoms with E-state index in [1.54, 1.807) is 12.1 Å². The van der Waals surface area contributed by atoms with Gasteiger partial charge in [0.2, 0.25) is 17.7 Å². The Labute approximate surface area is 213 Å². The molecular formula is C21H23N5O10S. The van der Waals surface area contributed by atoms with E-state index in [4.69, 9.17) is 26.4 Å². The van der Waals surface area contributed by atoms with Crippen LogP contribution in [0.4, 0.5) is 15.3 Å². The summed E-state index contributed by atoms with van der Waals surface area (Å²) in [5.74, 6) is -3.07. The summed E-state index contributed by atoms with van der Waals surface area (Å²) in [6.07, 6.45) is -3.24. The van der Waals surface area contributed by atoms with Crippen LogP contribution >= 0.6 is 11.8 Å². The molecule has 2 aliphatic heterocycles. The number of thioether (sulfide) groups is 1. The van der Waals surface area contributed by atoms with Gasteiger partial charge in [-0.1, -0.05) is 12.1 Å². The molecule has 1 aromatic rings. The number of ether oxygens (including phenoxy) is 2. The summed E-state index contributed by atoms with van der Waals surface area (Å²) in [6, 6.07) is 3.94. The number of fused-ring (bicyclic) bond motifs is 1. The van der Waals surface area contributed by atoms with Gasteiger partial charge < -0.3 is 41.8 Å². The Hall–Kier alpha value is -4.31. The lowest BCUT2D eigenvalue weighted by molar-refractivity contribution is -0.149. The zero-order valence-electron chi connectivity index (χ0n) is 19.0. The first-order chi connectivity index (χ1) is 17.5. The number of nitrogens with zero attached hydrogens (tertiary/aromatic N) is 1. The maximum absolute atomic E-state index is 12.7. The van der Waals surface area contributed by atoms with Gasteiger partial charge in [0.1, 0.15) is 24.1 Å². The zero-order chi connectivity index (χ0) is 27.3. The highest BCUT2D eigenvalue weighted by molar-refractivity contribution is 8.00. The molecule has 16 heteroatoms. The van der Waals surface area contributed by atoms with Gasteiger partial charge in [-0.25, -0.2) is 9.59 Å². The van der Waals surface area contributed by atoms with E-state index in [2.05, 4.69) is 15.4 Å². The molecule has 2 aliphatic rings. The van der Waals surface area contributed by atoms with Gasteiger partial charge in [-0.15, -0.1) is 11.8 Å². The topological polar surface area (TPSA) is 241 Å². The highest BCUT2D eigenvalue weighted by Crippen LogP contribution is 2.40. The third-order valence-electron chi connectivity index (χ3n) is 5.21. The van der Waals surface area contributed by atoms with Gasteiger partial charge in [0.15, 0.2) is 0 Å². The van der Waals surface area contributed by atoms with Crippen LogP contribution in [0.15, 0.2) is 35.7 Å². The van der Waals surface area contributed by atoms with Gasteiger partial charge in [0, 0.05) is 17.0 Å². The summed E-state index contributed by atoms with van der Waals surface area (Å²) in [5.41, 5.74) is 11.4. The average molecular weight is 538 g/mol. The number of aliphatic carboxylic acids is 1. The first kappa shape index (κ1) is 27.3. The fraction of sp³-hybridized carbons (Fsp3) is 0.333. The van der Waals surface area contributed by atoms with Crippen LogP contribution in [0.5, 0.6) is 0 Å². The van der Waals surface area contributed by atoms with Gasteiger partial charge >= 0.3 is 18.2 Å². The van der Waals surface area contributed by atoms with Gasteiger partial charge in [-0.3, -0.25) is 24.1 Å². The minimum atomic E-state index is -1.66. The maximum Gasteiger partial charge on any atom is 0.512 e. The SMILES string of the molecule is NC(=O)OCC1=C(OC(=O)O)N2C(=O)[C@@H](NC(=O)Cc3ccc(NC(=O)C[C@@H](N)C(=O)O)cc3)[C@@H]2SC1. The fourth-order valence-electron chi connectivity index (χ4n) is 3.48. The summed E-state index contributed by atoms with van der Waals surface area (Å²) in [4.78, 5) is 70.9. The van der Waals surface area contributed by atoms with E-state index >= 15 is 0 Å². The number of anilines is 1. The molecule has 1 saturated heterocycles. The second-order valence-corrected chi connectivity index (χ2v) is 9.02. The number of hydrogen-bond acceptors (Lipinski definition) is 10. The van der Waals surface area contributed by atoms with E-state index < -0.39 is 59.8 Å². The minimum absolute atomic E-state index is 0.0920. The molecule has 37 heavy (non-hydrogen) atoms. The van der Waals surface area contributed by atoms with Crippen LogP contribution in [0.3, 0.4) is 0 Å². The number of benzene rings is 1. The largest absolute Gasteiger partial charge is 0.512 e. The number of nitrogens with two attached hydrogens (primary N) is 2. The number of carboxylic acid groups (broad SMARTS) is 2. The highest BCUT2D eigenvalue weighted by Gasteiger charge is 2.54. The third-order valence-corrected chi connectivity index (χ3v) is 6.55. The van der Waals surface area contributed by atoms with Crippen LogP contribution in [-0.4, -0.2) is 80.9 Å². The normalized spacial score (nSPS) is 19.2. The molecule has 3 rings (SSSR count). The number of rotatable bonds is 10. The summed E-state index contributed by atoms with van der Waals surface area (Å²) in [5, 5.41) is 22.3. The van der Waals surface area contributed by atoms with Gasteiger partial charge in [0.05, 0.1) is 12.8 Å². The third kappa shape index (κ3) is 6.89. The lowest BCUT2D eigenvalue weighted by Crippen LogP contribution is -2.70. The Morgan fingerprint density at radius 2 is 1.81 bits per heavy atom. The van der Waals surface area contributed by atoms with Crippen molar-refractivity contribution in [1.82, 2.24) is 10.2 Å². The van der Waals surface area contributed by atoms with Gasteiger partial charge in [-0.2, -0.15) is 0 Å². The molecule has 15 nitrogen and oxygen atoms in total. The quantitative estimate of drug-likeness (QED) is 0.161. The number of carbonyl (C=O) groups excluding carboxylic acids is 4. The van der Waals surface area contributed by atoms with E-state index in [1.165, 1.54) is 23.9 Å². The molecule has 198 valence electrons. The highest BCUT2D eigenvalue weighted by atomic mass is 32.2. The van der Waals surface area contributed by atoms with Gasteiger partial charge in [-0.05, 0) is 17.7 Å². The van der Waals surface area contributed by atoms with Crippen molar-refractivity contribution in [3.8, 4) is 0 Å². The lowest BCUT2D eigenvalue weighted by atomic mass is 10.0. The molecule has 8 N–H and O–H groups in total. The lowest BCUT2D eigenvalue weighted by Gasteiger charge is -2.49. The predicted octanol–water partition coefficient (Wildman–Crippen LogP) is -0.629. The standard InChI is InChI=1S/C21H23N5O10S/c22-12(19(30)31)6-14(28)24-11-3-1-9(2-4-11)5-13(27)25-15-16(29)26-17(36-21(33)34)10(7-35-20(23)32)8-37-18(15)26/h1-4,12,15,18H,5-8,22H2,(H2,23,32)(H,24,28)(H,25,27)(H,30,31)(H,33,34)/t12-,15-,18+/m1/s1. The van der Waals surface area contributed by atoms with Crippen LogP contribution in [0, 0.1) is 0 Å². The van der Waals surface area contributed by atoms with Crippen molar-refractivity contribution in [2.24, 2.45) is 11.5 Å².